The highest BCUT2D eigenvalue weighted by Gasteiger charge is 2.55. The van der Waals surface area contributed by atoms with Crippen molar-refractivity contribution in [3.05, 3.63) is 221 Å². The predicted octanol–water partition coefficient (Wildman–Crippen LogP) is 16.2. The van der Waals surface area contributed by atoms with Crippen molar-refractivity contribution >= 4 is 72.3 Å². The molecule has 1 spiro atoms. The van der Waals surface area contributed by atoms with Gasteiger partial charge in [0, 0.05) is 49.5 Å². The highest BCUT2D eigenvalue weighted by molar-refractivity contribution is 6.20. The van der Waals surface area contributed by atoms with E-state index in [0.29, 0.717) is 0 Å². The van der Waals surface area contributed by atoms with Gasteiger partial charge in [0.2, 0.25) is 0 Å². The number of para-hydroxylation sites is 4. The van der Waals surface area contributed by atoms with E-state index >= 15 is 0 Å². The number of nitrogens with zero attached hydrogens (tertiary/aromatic N) is 2. The number of anilines is 5. The van der Waals surface area contributed by atoms with Crippen LogP contribution >= 0.6 is 0 Å². The van der Waals surface area contributed by atoms with Crippen molar-refractivity contribution in [2.45, 2.75) is 37.6 Å². The summed E-state index contributed by atoms with van der Waals surface area (Å²) in [6.07, 6.45) is 0. The van der Waals surface area contributed by atoms with E-state index in [0.717, 1.165) is 66.4 Å². The zero-order valence-corrected chi connectivity index (χ0v) is 35.6. The summed E-state index contributed by atoms with van der Waals surface area (Å²) in [6.45, 7) is 6.86. The van der Waals surface area contributed by atoms with E-state index in [9.17, 15) is 0 Å². The number of benzene rings is 9. The highest BCUT2D eigenvalue weighted by Crippen LogP contribution is 2.69. The number of fused-ring (bicyclic) bond motifs is 21. The molecule has 0 saturated carbocycles. The first kappa shape index (κ1) is 34.7. The molecule has 4 heteroatoms. The van der Waals surface area contributed by atoms with Crippen LogP contribution < -0.4 is 9.80 Å². The molecule has 1 unspecified atom stereocenters. The average molecular weight is 821 g/mol. The Bertz CT molecular complexity index is 3810. The van der Waals surface area contributed by atoms with E-state index in [1.54, 1.807) is 0 Å². The third-order valence-electron chi connectivity index (χ3n) is 15.0. The molecule has 0 fully saturated rings. The van der Waals surface area contributed by atoms with Crippen LogP contribution in [0.2, 0.25) is 0 Å². The molecule has 4 aliphatic rings. The molecule has 302 valence electrons. The van der Waals surface area contributed by atoms with Crippen LogP contribution in [0.4, 0.5) is 28.4 Å². The van der Waals surface area contributed by atoms with E-state index in [-0.39, 0.29) is 11.5 Å². The lowest BCUT2D eigenvalue weighted by Crippen LogP contribution is -2.41. The SMILES string of the molecule is CC(C)(C)c1ccc(N2c3c(ccc4c3oc3ccccc34)-c3c4c(cc5c3oc3ccccc35)N3c5ccccc5C5(c6ccccc6-c6ccccc65)c5cccc(c53)C42)cc1. The van der Waals surface area contributed by atoms with Crippen molar-refractivity contribution in [1.29, 1.82) is 0 Å². The number of rotatable bonds is 1. The maximum absolute atomic E-state index is 7.10. The van der Waals surface area contributed by atoms with Crippen LogP contribution in [0.5, 0.6) is 0 Å². The molecule has 0 bridgehead atoms. The Labute approximate surface area is 370 Å². The standard InChI is InChI=1S/C60H40N2O2/c1-59(2,3)34-27-29-35(30-28-34)61-55-42-19-14-23-47-54(42)62(48-24-11-10-22-46(48)60(47)44-20-8-4-15-36(44)37-16-5-9-21-45(37)60)49-33-43-39-18-7-13-26-51(39)63-57(43)52(53(49)55)41-32-31-40-38-17-6-12-25-50(38)64-58(40)56(41)61/h4-33,55H,1-3H3. The van der Waals surface area contributed by atoms with Gasteiger partial charge in [-0.05, 0) is 86.8 Å². The monoisotopic (exact) mass is 820 g/mol. The Morgan fingerprint density at radius 1 is 0.469 bits per heavy atom. The van der Waals surface area contributed by atoms with Crippen LogP contribution in [-0.2, 0) is 10.8 Å². The summed E-state index contributed by atoms with van der Waals surface area (Å²) < 4.78 is 14.2. The maximum atomic E-state index is 7.10. The average Bonchev–Trinajstić information content (AvgIpc) is 3.99. The third kappa shape index (κ3) is 4.06. The first-order chi connectivity index (χ1) is 31.4. The number of hydrogen-bond donors (Lipinski definition) is 0. The van der Waals surface area contributed by atoms with E-state index in [1.165, 1.54) is 67.1 Å². The predicted molar refractivity (Wildman–Crippen MR) is 261 cm³/mol. The minimum atomic E-state index is -0.545. The van der Waals surface area contributed by atoms with Gasteiger partial charge in [0.25, 0.3) is 0 Å². The van der Waals surface area contributed by atoms with Gasteiger partial charge in [0.05, 0.1) is 34.2 Å². The molecule has 1 aliphatic carbocycles. The lowest BCUT2D eigenvalue weighted by atomic mass is 9.63. The van der Waals surface area contributed by atoms with Gasteiger partial charge in [-0.3, -0.25) is 0 Å². The summed E-state index contributed by atoms with van der Waals surface area (Å²) in [4.78, 5) is 5.21. The molecule has 0 amide bonds. The van der Waals surface area contributed by atoms with E-state index < -0.39 is 5.41 Å². The molecule has 15 rings (SSSR count). The van der Waals surface area contributed by atoms with Gasteiger partial charge in [-0.1, -0.05) is 160 Å². The lowest BCUT2D eigenvalue weighted by Gasteiger charge is -2.52. The van der Waals surface area contributed by atoms with Crippen molar-refractivity contribution in [1.82, 2.24) is 0 Å². The Balaban J connectivity index is 1.15. The van der Waals surface area contributed by atoms with Crippen molar-refractivity contribution in [3.8, 4) is 22.3 Å². The molecule has 4 nitrogen and oxygen atoms in total. The summed E-state index contributed by atoms with van der Waals surface area (Å²) in [7, 11) is 0. The first-order valence-corrected chi connectivity index (χ1v) is 22.5. The van der Waals surface area contributed by atoms with Crippen LogP contribution in [0.15, 0.2) is 191 Å². The fourth-order valence-corrected chi connectivity index (χ4v) is 12.4. The molecule has 2 aromatic heterocycles. The quantitative estimate of drug-likeness (QED) is 0.165. The number of furan rings is 2. The molecule has 5 heterocycles. The molecule has 0 radical (unpaired) electrons. The van der Waals surface area contributed by atoms with Gasteiger partial charge in [-0.25, -0.2) is 0 Å². The van der Waals surface area contributed by atoms with Gasteiger partial charge in [0.1, 0.15) is 16.7 Å². The normalized spacial score (nSPS) is 16.0. The molecular weight excluding hydrogens is 781 g/mol. The second-order valence-electron chi connectivity index (χ2n) is 19.1. The Kier molecular flexibility index (Phi) is 6.40. The topological polar surface area (TPSA) is 32.8 Å². The molecule has 1 atom stereocenters. The van der Waals surface area contributed by atoms with Crippen molar-refractivity contribution in [2.75, 3.05) is 9.80 Å². The van der Waals surface area contributed by atoms with Crippen LogP contribution in [0.25, 0.3) is 66.1 Å². The maximum Gasteiger partial charge on any atom is 0.159 e. The molecular formula is C60H40N2O2. The smallest absolute Gasteiger partial charge is 0.159 e. The van der Waals surface area contributed by atoms with Crippen molar-refractivity contribution < 1.29 is 8.83 Å². The molecule has 64 heavy (non-hydrogen) atoms. The van der Waals surface area contributed by atoms with E-state index in [1.807, 2.05) is 0 Å². The minimum absolute atomic E-state index is 0.00355. The van der Waals surface area contributed by atoms with Crippen molar-refractivity contribution in [3.63, 3.8) is 0 Å². The van der Waals surface area contributed by atoms with E-state index in [4.69, 9.17) is 8.83 Å². The molecule has 11 aromatic rings. The highest BCUT2D eigenvalue weighted by atomic mass is 16.3. The summed E-state index contributed by atoms with van der Waals surface area (Å²) in [5, 5.41) is 4.43. The first-order valence-electron chi connectivity index (χ1n) is 22.5. The third-order valence-corrected chi connectivity index (χ3v) is 15.0. The largest absolute Gasteiger partial charge is 0.455 e. The lowest BCUT2D eigenvalue weighted by molar-refractivity contribution is 0.590. The van der Waals surface area contributed by atoms with Crippen LogP contribution in [0, 0.1) is 0 Å². The fourth-order valence-electron chi connectivity index (χ4n) is 12.4. The summed E-state index contributed by atoms with van der Waals surface area (Å²) >= 11 is 0. The van der Waals surface area contributed by atoms with Gasteiger partial charge < -0.3 is 18.6 Å². The van der Waals surface area contributed by atoms with Gasteiger partial charge in [-0.15, -0.1) is 0 Å². The van der Waals surface area contributed by atoms with Crippen LogP contribution in [0.3, 0.4) is 0 Å². The zero-order valence-electron chi connectivity index (χ0n) is 35.6. The minimum Gasteiger partial charge on any atom is -0.455 e. The summed E-state index contributed by atoms with van der Waals surface area (Å²) in [6, 6.07) is 67.5. The second kappa shape index (κ2) is 11.8. The molecule has 9 aromatic carbocycles. The van der Waals surface area contributed by atoms with Crippen LogP contribution in [-0.4, -0.2) is 0 Å². The van der Waals surface area contributed by atoms with Crippen LogP contribution in [0.1, 0.15) is 65.8 Å². The van der Waals surface area contributed by atoms with Gasteiger partial charge >= 0.3 is 0 Å². The Hall–Kier alpha value is -7.82. The fraction of sp³-hybridized carbons (Fsp3) is 0.100. The molecule has 3 aliphatic heterocycles. The van der Waals surface area contributed by atoms with E-state index in [2.05, 4.69) is 213 Å². The molecule has 0 saturated heterocycles. The van der Waals surface area contributed by atoms with Gasteiger partial charge in [-0.2, -0.15) is 0 Å². The Morgan fingerprint density at radius 2 is 1.08 bits per heavy atom. The Morgan fingerprint density at radius 3 is 1.80 bits per heavy atom. The second-order valence-corrected chi connectivity index (χ2v) is 19.1. The zero-order chi connectivity index (χ0) is 42.2. The number of hydrogen-bond acceptors (Lipinski definition) is 4. The molecule has 0 N–H and O–H groups in total. The van der Waals surface area contributed by atoms with Gasteiger partial charge in [0.15, 0.2) is 5.58 Å². The summed E-state index contributed by atoms with van der Waals surface area (Å²) in [5.41, 5.74) is 22.6. The summed E-state index contributed by atoms with van der Waals surface area (Å²) in [5.74, 6) is 0. The van der Waals surface area contributed by atoms with Crippen molar-refractivity contribution in [2.24, 2.45) is 0 Å².